The van der Waals surface area contributed by atoms with Crippen molar-refractivity contribution in [3.63, 3.8) is 0 Å². The summed E-state index contributed by atoms with van der Waals surface area (Å²) in [6.07, 6.45) is 7.87. The number of benzene rings is 2. The second-order valence-corrected chi connectivity index (χ2v) is 10.1. The highest BCUT2D eigenvalue weighted by Crippen LogP contribution is 2.42. The molecule has 1 saturated carbocycles. The molecular weight excluding hydrogens is 540 g/mol. The second-order valence-electron chi connectivity index (χ2n) is 10.1. The monoisotopic (exact) mass is 574 g/mol. The predicted octanol–water partition coefficient (Wildman–Crippen LogP) is 4.43. The van der Waals surface area contributed by atoms with Crippen LogP contribution in [0, 0.1) is 6.92 Å². The number of aryl methyl sites for hydroxylation is 1. The molecule has 1 aliphatic carbocycles. The van der Waals surface area contributed by atoms with Gasteiger partial charge in [0, 0.05) is 11.7 Å². The lowest BCUT2D eigenvalue weighted by Gasteiger charge is -2.33. The largest absolute Gasteiger partial charge is 0.493 e. The Hall–Kier alpha value is -4.87. The molecule has 5 rings (SSSR count). The van der Waals surface area contributed by atoms with Gasteiger partial charge in [-0.05, 0) is 83.8 Å². The molecule has 2 aromatic heterocycles. The lowest BCUT2D eigenvalue weighted by molar-refractivity contribution is -0.123. The number of amides is 2. The molecule has 12 nitrogen and oxygen atoms in total. The number of ether oxygens (including phenoxy) is 3. The Morgan fingerprint density at radius 2 is 1.76 bits per heavy atom. The Balaban J connectivity index is 1.68. The van der Waals surface area contributed by atoms with E-state index in [9.17, 15) is 9.59 Å². The molecule has 1 N–H and O–H groups in total. The molecule has 12 heteroatoms. The minimum absolute atomic E-state index is 0.000261. The number of carbonyl (C=O) groups is 2. The van der Waals surface area contributed by atoms with E-state index >= 15 is 0 Å². The maximum atomic E-state index is 14.3. The van der Waals surface area contributed by atoms with Gasteiger partial charge in [0.2, 0.25) is 11.7 Å². The minimum Gasteiger partial charge on any atom is -0.493 e. The van der Waals surface area contributed by atoms with Gasteiger partial charge in [-0.2, -0.15) is 0 Å². The quantitative estimate of drug-likeness (QED) is 0.292. The van der Waals surface area contributed by atoms with Crippen molar-refractivity contribution in [2.75, 3.05) is 26.2 Å². The molecule has 42 heavy (non-hydrogen) atoms. The SMILES string of the molecule is COc1cc([C@H](C(=O)NC2CCCCC2)N(C(=O)c2ccco2)c2ccc(-n3cnnn3)c(C)c2)cc(OC)c1OC. The highest BCUT2D eigenvalue weighted by Gasteiger charge is 2.37. The standard InChI is InChI=1S/C30H34N6O6/c1-19-15-22(12-13-23(19)35-18-31-33-34-35)36(30(38)24-11-8-14-42-24)27(29(37)32-21-9-6-5-7-10-21)20-16-25(39-2)28(41-4)26(17-20)40-3/h8,11-18,21,27H,5-7,9-10H2,1-4H3,(H,32,37)/t27-/m1/s1. The molecule has 0 saturated heterocycles. The topological polar surface area (TPSA) is 134 Å². The lowest BCUT2D eigenvalue weighted by atomic mass is 9.94. The molecule has 0 bridgehead atoms. The summed E-state index contributed by atoms with van der Waals surface area (Å²) in [5, 5.41) is 14.6. The molecular formula is C30H34N6O6. The van der Waals surface area contributed by atoms with Crippen LogP contribution >= 0.6 is 0 Å². The van der Waals surface area contributed by atoms with Crippen molar-refractivity contribution < 1.29 is 28.2 Å². The summed E-state index contributed by atoms with van der Waals surface area (Å²) in [5.41, 5.74) is 2.46. The average Bonchev–Trinajstić information content (AvgIpc) is 3.74. The number of aromatic nitrogens is 4. The zero-order chi connectivity index (χ0) is 29.6. The fourth-order valence-electron chi connectivity index (χ4n) is 5.42. The maximum absolute atomic E-state index is 14.3. The van der Waals surface area contributed by atoms with E-state index < -0.39 is 11.9 Å². The molecule has 2 amide bonds. The number of rotatable bonds is 10. The van der Waals surface area contributed by atoms with Crippen LogP contribution in [0.3, 0.4) is 0 Å². The van der Waals surface area contributed by atoms with Crippen LogP contribution in [0.4, 0.5) is 5.69 Å². The fraction of sp³-hybridized carbons (Fsp3) is 0.367. The number of furan rings is 1. The molecule has 0 radical (unpaired) electrons. The average molecular weight is 575 g/mol. The van der Waals surface area contributed by atoms with Gasteiger partial charge in [0.15, 0.2) is 17.3 Å². The first kappa shape index (κ1) is 28.7. The van der Waals surface area contributed by atoms with Gasteiger partial charge in [0.1, 0.15) is 12.4 Å². The number of carbonyl (C=O) groups excluding carboxylic acids is 2. The Labute approximate surface area is 243 Å². The van der Waals surface area contributed by atoms with E-state index in [1.807, 2.05) is 13.0 Å². The third kappa shape index (κ3) is 5.78. The molecule has 2 heterocycles. The first-order chi connectivity index (χ1) is 20.4. The molecule has 0 unspecified atom stereocenters. The van der Waals surface area contributed by atoms with Crippen molar-refractivity contribution in [2.24, 2.45) is 0 Å². The summed E-state index contributed by atoms with van der Waals surface area (Å²) in [4.78, 5) is 30.0. The molecule has 220 valence electrons. The van der Waals surface area contributed by atoms with Gasteiger partial charge in [0.25, 0.3) is 5.91 Å². The number of methoxy groups -OCH3 is 3. The van der Waals surface area contributed by atoms with Crippen LogP contribution in [0.25, 0.3) is 5.69 Å². The van der Waals surface area contributed by atoms with E-state index in [0.717, 1.165) is 43.4 Å². The van der Waals surface area contributed by atoms with Crippen LogP contribution in [0.2, 0.25) is 0 Å². The number of anilines is 1. The Kier molecular flexibility index (Phi) is 8.70. The first-order valence-electron chi connectivity index (χ1n) is 13.8. The number of nitrogens with one attached hydrogen (secondary N) is 1. The van der Waals surface area contributed by atoms with E-state index in [1.54, 1.807) is 36.4 Å². The van der Waals surface area contributed by atoms with Crippen LogP contribution in [0.1, 0.15) is 59.8 Å². The zero-order valence-electron chi connectivity index (χ0n) is 24.1. The third-order valence-corrected chi connectivity index (χ3v) is 7.47. The predicted molar refractivity (Wildman–Crippen MR) is 153 cm³/mol. The number of nitrogens with zero attached hydrogens (tertiary/aromatic N) is 5. The molecule has 1 atom stereocenters. The van der Waals surface area contributed by atoms with E-state index in [1.165, 1.54) is 43.5 Å². The normalized spacial score (nSPS) is 14.2. The lowest BCUT2D eigenvalue weighted by Crippen LogP contribution is -2.47. The first-order valence-corrected chi connectivity index (χ1v) is 13.8. The van der Waals surface area contributed by atoms with Gasteiger partial charge in [0.05, 0.1) is 33.3 Å². The van der Waals surface area contributed by atoms with Crippen molar-refractivity contribution in [3.8, 4) is 22.9 Å². The summed E-state index contributed by atoms with van der Waals surface area (Å²) in [5.74, 6) is 0.349. The van der Waals surface area contributed by atoms with E-state index in [-0.39, 0.29) is 17.7 Å². The minimum atomic E-state index is -1.11. The van der Waals surface area contributed by atoms with E-state index in [2.05, 4.69) is 20.8 Å². The van der Waals surface area contributed by atoms with Gasteiger partial charge in [-0.25, -0.2) is 4.68 Å². The zero-order valence-corrected chi connectivity index (χ0v) is 24.1. The molecule has 1 fully saturated rings. The molecule has 4 aromatic rings. The van der Waals surface area contributed by atoms with Crippen molar-refractivity contribution in [1.82, 2.24) is 25.5 Å². The van der Waals surface area contributed by atoms with Gasteiger partial charge < -0.3 is 23.9 Å². The van der Waals surface area contributed by atoms with Crippen LogP contribution in [-0.2, 0) is 4.79 Å². The number of hydrogen-bond donors (Lipinski definition) is 1. The second kappa shape index (κ2) is 12.8. The Bertz CT molecular complexity index is 1490. The summed E-state index contributed by atoms with van der Waals surface area (Å²) in [6.45, 7) is 1.88. The van der Waals surface area contributed by atoms with Gasteiger partial charge in [-0.15, -0.1) is 5.10 Å². The summed E-state index contributed by atoms with van der Waals surface area (Å²) in [6, 6.07) is 10.8. The van der Waals surface area contributed by atoms with Crippen LogP contribution in [0.5, 0.6) is 17.2 Å². The highest BCUT2D eigenvalue weighted by atomic mass is 16.5. The molecule has 1 aliphatic rings. The van der Waals surface area contributed by atoms with Crippen LogP contribution in [-0.4, -0.2) is 59.4 Å². The number of hydrogen-bond acceptors (Lipinski definition) is 9. The molecule has 0 spiro atoms. The highest BCUT2D eigenvalue weighted by molar-refractivity contribution is 6.09. The van der Waals surface area contributed by atoms with Crippen molar-refractivity contribution in [1.29, 1.82) is 0 Å². The summed E-state index contributed by atoms with van der Waals surface area (Å²) in [7, 11) is 4.52. The van der Waals surface area contributed by atoms with Crippen molar-refractivity contribution in [2.45, 2.75) is 51.1 Å². The van der Waals surface area contributed by atoms with Crippen LogP contribution in [0.15, 0.2) is 59.5 Å². The van der Waals surface area contributed by atoms with Crippen molar-refractivity contribution in [3.05, 3.63) is 71.9 Å². The molecule has 0 aliphatic heterocycles. The van der Waals surface area contributed by atoms with Gasteiger partial charge >= 0.3 is 0 Å². The number of tetrazole rings is 1. The smallest absolute Gasteiger partial charge is 0.294 e. The fourth-order valence-corrected chi connectivity index (χ4v) is 5.42. The van der Waals surface area contributed by atoms with Crippen molar-refractivity contribution >= 4 is 17.5 Å². The van der Waals surface area contributed by atoms with E-state index in [4.69, 9.17) is 18.6 Å². The summed E-state index contributed by atoms with van der Waals surface area (Å²) >= 11 is 0. The Morgan fingerprint density at radius 1 is 1.02 bits per heavy atom. The van der Waals surface area contributed by atoms with Gasteiger partial charge in [-0.1, -0.05) is 19.3 Å². The van der Waals surface area contributed by atoms with E-state index in [0.29, 0.717) is 28.5 Å². The Morgan fingerprint density at radius 3 is 2.33 bits per heavy atom. The maximum Gasteiger partial charge on any atom is 0.294 e. The van der Waals surface area contributed by atoms with Crippen LogP contribution < -0.4 is 24.4 Å². The third-order valence-electron chi connectivity index (χ3n) is 7.47. The van der Waals surface area contributed by atoms with Gasteiger partial charge in [-0.3, -0.25) is 14.5 Å². The summed E-state index contributed by atoms with van der Waals surface area (Å²) < 4.78 is 23.8. The molecule has 2 aromatic carbocycles.